The fourth-order valence-corrected chi connectivity index (χ4v) is 7.68. The van der Waals surface area contributed by atoms with Crippen molar-refractivity contribution >= 4 is 5.78 Å². The molecular formula is C22H30O3. The fraction of sp³-hybridized carbons (Fsp3) is 0.773. The van der Waals surface area contributed by atoms with Gasteiger partial charge < -0.3 is 9.84 Å². The zero-order chi connectivity index (χ0) is 17.8. The van der Waals surface area contributed by atoms with E-state index in [1.807, 2.05) is 6.08 Å². The van der Waals surface area contributed by atoms with Gasteiger partial charge in [-0.15, -0.1) is 0 Å². The van der Waals surface area contributed by atoms with Crippen LogP contribution in [0.2, 0.25) is 0 Å². The summed E-state index contributed by atoms with van der Waals surface area (Å²) in [5, 5.41) is 10.6. The van der Waals surface area contributed by atoms with Crippen molar-refractivity contribution in [2.24, 2.45) is 28.6 Å². The van der Waals surface area contributed by atoms with Crippen LogP contribution in [0.3, 0.4) is 0 Å². The summed E-state index contributed by atoms with van der Waals surface area (Å²) >= 11 is 0. The van der Waals surface area contributed by atoms with E-state index in [9.17, 15) is 9.90 Å². The van der Waals surface area contributed by atoms with Gasteiger partial charge in [0.25, 0.3) is 0 Å². The van der Waals surface area contributed by atoms with Crippen molar-refractivity contribution in [3.8, 4) is 0 Å². The lowest BCUT2D eigenvalue weighted by Gasteiger charge is -2.59. The third-order valence-electron chi connectivity index (χ3n) is 9.23. The zero-order valence-electron chi connectivity index (χ0n) is 15.8. The number of allylic oxidation sites excluding steroid dienone is 1. The summed E-state index contributed by atoms with van der Waals surface area (Å²) in [6.45, 7) is 8.93. The molecule has 1 aliphatic heterocycles. The molecule has 1 spiro atoms. The van der Waals surface area contributed by atoms with E-state index in [4.69, 9.17) is 4.74 Å². The highest BCUT2D eigenvalue weighted by Gasteiger charge is 2.78. The predicted octanol–water partition coefficient (Wildman–Crippen LogP) is 3.81. The Bertz CT molecular complexity index is 721. The average Bonchev–Trinajstić information content (AvgIpc) is 3.26. The third-order valence-corrected chi connectivity index (χ3v) is 9.23. The van der Waals surface area contributed by atoms with E-state index in [0.29, 0.717) is 17.8 Å². The van der Waals surface area contributed by atoms with Gasteiger partial charge in [0.05, 0.1) is 6.10 Å². The highest BCUT2D eigenvalue weighted by atomic mass is 16.6. The van der Waals surface area contributed by atoms with E-state index >= 15 is 0 Å². The van der Waals surface area contributed by atoms with Crippen LogP contribution in [0.15, 0.2) is 23.3 Å². The molecule has 5 aliphatic rings. The van der Waals surface area contributed by atoms with Crippen LogP contribution in [0.25, 0.3) is 0 Å². The lowest BCUT2D eigenvalue weighted by Crippen LogP contribution is -2.59. The zero-order valence-corrected chi connectivity index (χ0v) is 15.8. The molecule has 1 N–H and O–H groups in total. The number of aliphatic hydroxyl groups is 1. The van der Waals surface area contributed by atoms with E-state index in [1.54, 1.807) is 0 Å². The van der Waals surface area contributed by atoms with E-state index in [-0.39, 0.29) is 34.4 Å². The Morgan fingerprint density at radius 1 is 1.24 bits per heavy atom. The van der Waals surface area contributed by atoms with E-state index in [1.165, 1.54) is 11.1 Å². The molecule has 0 radical (unpaired) electrons. The van der Waals surface area contributed by atoms with Crippen LogP contribution < -0.4 is 0 Å². The lowest BCUT2D eigenvalue weighted by atomic mass is 9.43. The first-order chi connectivity index (χ1) is 11.8. The summed E-state index contributed by atoms with van der Waals surface area (Å²) in [5.41, 5.74) is 2.18. The van der Waals surface area contributed by atoms with Crippen molar-refractivity contribution in [2.75, 3.05) is 0 Å². The Kier molecular flexibility index (Phi) is 3.04. The minimum Gasteiger partial charge on any atom is -0.393 e. The van der Waals surface area contributed by atoms with Crippen LogP contribution in [-0.4, -0.2) is 28.7 Å². The molecule has 3 nitrogen and oxygen atoms in total. The Morgan fingerprint density at radius 2 is 2.00 bits per heavy atom. The van der Waals surface area contributed by atoms with Crippen LogP contribution >= 0.6 is 0 Å². The molecule has 4 aliphatic carbocycles. The molecule has 5 rings (SSSR count). The van der Waals surface area contributed by atoms with Crippen molar-refractivity contribution in [1.29, 1.82) is 0 Å². The molecular weight excluding hydrogens is 312 g/mol. The second-order valence-corrected chi connectivity index (χ2v) is 9.70. The maximum atomic E-state index is 12.5. The second kappa shape index (κ2) is 4.67. The number of epoxide rings is 1. The summed E-state index contributed by atoms with van der Waals surface area (Å²) in [7, 11) is 0. The molecule has 0 bridgehead atoms. The number of aliphatic hydroxyl groups excluding tert-OH is 1. The van der Waals surface area contributed by atoms with Gasteiger partial charge in [-0.25, -0.2) is 0 Å². The first-order valence-electron chi connectivity index (χ1n) is 10.0. The summed E-state index contributed by atoms with van der Waals surface area (Å²) in [6, 6.07) is 0. The molecule has 0 amide bonds. The molecule has 2 unspecified atom stereocenters. The van der Waals surface area contributed by atoms with Crippen molar-refractivity contribution in [2.45, 2.75) is 77.6 Å². The third kappa shape index (κ3) is 1.60. The van der Waals surface area contributed by atoms with Gasteiger partial charge >= 0.3 is 0 Å². The highest BCUT2D eigenvalue weighted by molar-refractivity contribution is 6.00. The normalized spacial score (nSPS) is 58.1. The van der Waals surface area contributed by atoms with Crippen molar-refractivity contribution in [3.05, 3.63) is 23.3 Å². The van der Waals surface area contributed by atoms with Gasteiger partial charge in [0.15, 0.2) is 11.9 Å². The number of fused-ring (bicyclic) bond motifs is 4. The predicted molar refractivity (Wildman–Crippen MR) is 95.9 cm³/mol. The van der Waals surface area contributed by atoms with Crippen molar-refractivity contribution in [3.63, 3.8) is 0 Å². The number of rotatable bonds is 0. The quantitative estimate of drug-likeness (QED) is 0.538. The standard InChI is InChI=1S/C22H30O3/c1-5-13-11-14-15-6-7-18(24)20(15,3)9-8-16(14)21(4)12(2)10-17(23)19-22(13,21)25-19/h5,10,14-16,18-19,24H,6-9,11H2,1-4H3/t14-,15-,16-,18-,19?,20-,21+,22?/m0/s1. The van der Waals surface area contributed by atoms with Crippen LogP contribution in [-0.2, 0) is 9.53 Å². The van der Waals surface area contributed by atoms with Gasteiger partial charge in [0, 0.05) is 5.41 Å². The van der Waals surface area contributed by atoms with Gasteiger partial charge in [0.2, 0.25) is 0 Å². The summed E-state index contributed by atoms with van der Waals surface area (Å²) < 4.78 is 6.25. The largest absolute Gasteiger partial charge is 0.393 e. The second-order valence-electron chi connectivity index (χ2n) is 9.70. The molecule has 0 aromatic carbocycles. The molecule has 1 heterocycles. The number of carbonyl (C=O) groups is 1. The molecule has 4 fully saturated rings. The SMILES string of the molecule is CC=C1C[C@H]2[C@@H]3CC[C@H](O)[C@@]3(C)CC[C@@H]2[C@@]2(C)C(C)=CC(=O)C3OC132. The smallest absolute Gasteiger partial charge is 0.187 e. The molecule has 0 aromatic heterocycles. The first kappa shape index (κ1) is 16.3. The van der Waals surface area contributed by atoms with Gasteiger partial charge in [0.1, 0.15) is 5.60 Å². The van der Waals surface area contributed by atoms with Gasteiger partial charge in [-0.05, 0) is 80.8 Å². The topological polar surface area (TPSA) is 49.8 Å². The van der Waals surface area contributed by atoms with Crippen LogP contribution in [0.5, 0.6) is 0 Å². The minimum absolute atomic E-state index is 0.0762. The molecule has 3 heteroatoms. The molecule has 8 atom stereocenters. The highest BCUT2D eigenvalue weighted by Crippen LogP contribution is 2.73. The Balaban J connectivity index is 1.65. The maximum Gasteiger partial charge on any atom is 0.187 e. The molecule has 25 heavy (non-hydrogen) atoms. The Hall–Kier alpha value is -0.930. The average molecular weight is 342 g/mol. The monoisotopic (exact) mass is 342 g/mol. The van der Waals surface area contributed by atoms with E-state index in [0.717, 1.165) is 32.1 Å². The fourth-order valence-electron chi connectivity index (χ4n) is 7.68. The summed E-state index contributed by atoms with van der Waals surface area (Å²) in [4.78, 5) is 12.5. The number of ketones is 1. The van der Waals surface area contributed by atoms with Gasteiger partial charge in [-0.3, -0.25) is 4.79 Å². The molecule has 136 valence electrons. The molecule has 3 saturated carbocycles. The number of hydrogen-bond acceptors (Lipinski definition) is 3. The van der Waals surface area contributed by atoms with E-state index < -0.39 is 0 Å². The summed E-state index contributed by atoms with van der Waals surface area (Å²) in [5.74, 6) is 1.89. The van der Waals surface area contributed by atoms with Crippen LogP contribution in [0.4, 0.5) is 0 Å². The van der Waals surface area contributed by atoms with E-state index in [2.05, 4.69) is 33.8 Å². The minimum atomic E-state index is -0.371. The maximum absolute atomic E-state index is 12.5. The van der Waals surface area contributed by atoms with Crippen molar-refractivity contribution in [1.82, 2.24) is 0 Å². The van der Waals surface area contributed by atoms with Crippen LogP contribution in [0.1, 0.15) is 59.8 Å². The van der Waals surface area contributed by atoms with Gasteiger partial charge in [-0.2, -0.15) is 0 Å². The Labute approximate surface area is 150 Å². The van der Waals surface area contributed by atoms with Gasteiger partial charge in [-0.1, -0.05) is 25.5 Å². The van der Waals surface area contributed by atoms with Crippen molar-refractivity contribution < 1.29 is 14.6 Å². The first-order valence-corrected chi connectivity index (χ1v) is 10.0. The van der Waals surface area contributed by atoms with Crippen LogP contribution in [0, 0.1) is 28.6 Å². The lowest BCUT2D eigenvalue weighted by molar-refractivity contribution is -0.117. The Morgan fingerprint density at radius 3 is 2.72 bits per heavy atom. The number of carbonyl (C=O) groups excluding carboxylic acids is 1. The molecule has 0 aromatic rings. The molecule has 1 saturated heterocycles. The summed E-state index contributed by atoms with van der Waals surface area (Å²) in [6.07, 6.45) is 9.06. The number of ether oxygens (including phenoxy) is 1. The number of hydrogen-bond donors (Lipinski definition) is 1.